The summed E-state index contributed by atoms with van der Waals surface area (Å²) in [5, 5.41) is 0. The summed E-state index contributed by atoms with van der Waals surface area (Å²) in [5.41, 5.74) is 0.971. The van der Waals surface area contributed by atoms with E-state index in [0.717, 1.165) is 5.56 Å². The van der Waals surface area contributed by atoms with Gasteiger partial charge in [-0.2, -0.15) is 0 Å². The molecule has 1 aromatic heterocycles. The Bertz CT molecular complexity index is 350. The molecular weight excluding hydrogens is 301 g/mol. The van der Waals surface area contributed by atoms with Crippen LogP contribution in [0.3, 0.4) is 0 Å². The highest BCUT2D eigenvalue weighted by Gasteiger charge is 2.15. The SMILES string of the molecule is Cc1cnc(N(CCCl)CC(F)F)c(Br)c1. The Balaban J connectivity index is 2.91. The standard InChI is InChI=1S/C10H12BrClF2N2/c1-7-4-8(11)10(15-5-7)16(3-2-12)6-9(13)14/h4-5,9H,2-3,6H2,1H3. The molecular formula is C10H12BrClF2N2. The van der Waals surface area contributed by atoms with E-state index in [9.17, 15) is 8.78 Å². The van der Waals surface area contributed by atoms with Crippen molar-refractivity contribution in [3.63, 3.8) is 0 Å². The monoisotopic (exact) mass is 312 g/mol. The zero-order valence-corrected chi connectivity index (χ0v) is 11.1. The Morgan fingerprint density at radius 1 is 1.56 bits per heavy atom. The smallest absolute Gasteiger partial charge is 0.255 e. The quantitative estimate of drug-likeness (QED) is 0.774. The van der Waals surface area contributed by atoms with Crippen molar-refractivity contribution in [2.45, 2.75) is 13.3 Å². The number of halogens is 4. The zero-order valence-electron chi connectivity index (χ0n) is 8.76. The molecule has 0 atom stereocenters. The minimum absolute atomic E-state index is 0.286. The van der Waals surface area contributed by atoms with Gasteiger partial charge in [-0.1, -0.05) is 0 Å². The number of aromatic nitrogens is 1. The summed E-state index contributed by atoms with van der Waals surface area (Å²) >= 11 is 8.90. The lowest BCUT2D eigenvalue weighted by atomic mass is 10.3. The molecule has 0 amide bonds. The van der Waals surface area contributed by atoms with Crippen LogP contribution in [0.2, 0.25) is 0 Å². The molecule has 0 N–H and O–H groups in total. The minimum atomic E-state index is -2.40. The van der Waals surface area contributed by atoms with Gasteiger partial charge in [-0.25, -0.2) is 13.8 Å². The van der Waals surface area contributed by atoms with Gasteiger partial charge in [0.1, 0.15) is 5.82 Å². The zero-order chi connectivity index (χ0) is 12.1. The van der Waals surface area contributed by atoms with Crippen LogP contribution in [-0.4, -0.2) is 30.4 Å². The summed E-state index contributed by atoms with van der Waals surface area (Å²) in [7, 11) is 0. The fourth-order valence-corrected chi connectivity index (χ4v) is 2.23. The van der Waals surface area contributed by atoms with Gasteiger partial charge in [-0.05, 0) is 34.5 Å². The first kappa shape index (κ1) is 13.6. The van der Waals surface area contributed by atoms with E-state index in [1.807, 2.05) is 13.0 Å². The molecule has 0 aliphatic rings. The highest BCUT2D eigenvalue weighted by molar-refractivity contribution is 9.10. The van der Waals surface area contributed by atoms with E-state index in [1.165, 1.54) is 4.90 Å². The average Bonchev–Trinajstić information content (AvgIpc) is 2.16. The molecule has 0 aliphatic carbocycles. The molecule has 0 spiro atoms. The number of alkyl halides is 3. The molecule has 0 saturated heterocycles. The molecule has 1 aromatic rings. The average molecular weight is 314 g/mol. The van der Waals surface area contributed by atoms with Crippen molar-refractivity contribution in [3.05, 3.63) is 22.3 Å². The number of anilines is 1. The van der Waals surface area contributed by atoms with Crippen molar-refractivity contribution in [1.29, 1.82) is 0 Å². The van der Waals surface area contributed by atoms with Crippen molar-refractivity contribution >= 4 is 33.3 Å². The Morgan fingerprint density at radius 2 is 2.25 bits per heavy atom. The molecule has 0 saturated carbocycles. The van der Waals surface area contributed by atoms with E-state index >= 15 is 0 Å². The molecule has 0 aliphatic heterocycles. The first-order chi connectivity index (χ1) is 7.54. The van der Waals surface area contributed by atoms with Gasteiger partial charge < -0.3 is 4.90 Å². The fraction of sp³-hybridized carbons (Fsp3) is 0.500. The summed E-state index contributed by atoms with van der Waals surface area (Å²) < 4.78 is 25.5. The maximum absolute atomic E-state index is 12.4. The Labute approximate surface area is 107 Å². The largest absolute Gasteiger partial charge is 0.349 e. The first-order valence-electron chi connectivity index (χ1n) is 4.75. The van der Waals surface area contributed by atoms with Crippen molar-refractivity contribution in [1.82, 2.24) is 4.98 Å². The van der Waals surface area contributed by atoms with Crippen LogP contribution in [0.1, 0.15) is 5.56 Å². The lowest BCUT2D eigenvalue weighted by molar-refractivity contribution is 0.155. The number of rotatable bonds is 5. The van der Waals surface area contributed by atoms with Crippen LogP contribution in [0, 0.1) is 6.92 Å². The Hall–Kier alpha value is -0.420. The second kappa shape index (κ2) is 6.35. The van der Waals surface area contributed by atoms with Crippen molar-refractivity contribution in [2.75, 3.05) is 23.9 Å². The normalized spacial score (nSPS) is 10.9. The number of aryl methyl sites for hydroxylation is 1. The van der Waals surface area contributed by atoms with Crippen LogP contribution in [0.4, 0.5) is 14.6 Å². The molecule has 0 fully saturated rings. The second-order valence-electron chi connectivity index (χ2n) is 3.34. The maximum Gasteiger partial charge on any atom is 0.255 e. The Morgan fingerprint density at radius 3 is 2.75 bits per heavy atom. The molecule has 16 heavy (non-hydrogen) atoms. The number of hydrogen-bond acceptors (Lipinski definition) is 2. The lowest BCUT2D eigenvalue weighted by Gasteiger charge is -2.23. The second-order valence-corrected chi connectivity index (χ2v) is 4.58. The molecule has 0 aromatic carbocycles. The van der Waals surface area contributed by atoms with Crippen LogP contribution < -0.4 is 4.90 Å². The molecule has 6 heteroatoms. The summed E-state index contributed by atoms with van der Waals surface area (Å²) in [5.74, 6) is 0.792. The van der Waals surface area contributed by atoms with E-state index in [-0.39, 0.29) is 12.4 Å². The minimum Gasteiger partial charge on any atom is -0.349 e. The molecule has 2 nitrogen and oxygen atoms in total. The van der Waals surface area contributed by atoms with Crippen molar-refractivity contribution in [3.8, 4) is 0 Å². The summed E-state index contributed by atoms with van der Waals surface area (Å²) in [4.78, 5) is 5.61. The topological polar surface area (TPSA) is 16.1 Å². The third-order valence-electron chi connectivity index (χ3n) is 1.97. The molecule has 1 heterocycles. The van der Waals surface area contributed by atoms with Gasteiger partial charge in [0.2, 0.25) is 0 Å². The predicted molar refractivity (Wildman–Crippen MR) is 65.6 cm³/mol. The fourth-order valence-electron chi connectivity index (χ4n) is 1.31. The molecule has 90 valence electrons. The van der Waals surface area contributed by atoms with E-state index in [0.29, 0.717) is 16.8 Å². The first-order valence-corrected chi connectivity index (χ1v) is 6.08. The van der Waals surface area contributed by atoms with Crippen LogP contribution >= 0.6 is 27.5 Å². The van der Waals surface area contributed by atoms with E-state index in [4.69, 9.17) is 11.6 Å². The predicted octanol–water partition coefficient (Wildman–Crippen LogP) is 3.46. The van der Waals surface area contributed by atoms with E-state index in [2.05, 4.69) is 20.9 Å². The summed E-state index contributed by atoms with van der Waals surface area (Å²) in [6.45, 7) is 1.88. The van der Waals surface area contributed by atoms with Gasteiger partial charge in [0, 0.05) is 18.6 Å². The van der Waals surface area contributed by atoms with Crippen LogP contribution in [0.25, 0.3) is 0 Å². The highest BCUT2D eigenvalue weighted by atomic mass is 79.9. The number of nitrogens with zero attached hydrogens (tertiary/aromatic N) is 2. The molecule has 0 unspecified atom stereocenters. The van der Waals surface area contributed by atoms with Crippen molar-refractivity contribution in [2.24, 2.45) is 0 Å². The van der Waals surface area contributed by atoms with Gasteiger partial charge in [0.25, 0.3) is 6.43 Å². The van der Waals surface area contributed by atoms with E-state index < -0.39 is 6.43 Å². The number of hydrogen-bond donors (Lipinski definition) is 0. The van der Waals surface area contributed by atoms with E-state index in [1.54, 1.807) is 6.20 Å². The molecule has 0 radical (unpaired) electrons. The van der Waals surface area contributed by atoms with Gasteiger partial charge in [0.15, 0.2) is 0 Å². The Kier molecular flexibility index (Phi) is 5.41. The third-order valence-corrected chi connectivity index (χ3v) is 2.72. The molecule has 1 rings (SSSR count). The van der Waals surface area contributed by atoms with Crippen LogP contribution in [0.5, 0.6) is 0 Å². The lowest BCUT2D eigenvalue weighted by Crippen LogP contribution is -2.31. The summed E-state index contributed by atoms with van der Waals surface area (Å²) in [6.07, 6.45) is -0.759. The van der Waals surface area contributed by atoms with Gasteiger partial charge in [-0.3, -0.25) is 0 Å². The maximum atomic E-state index is 12.4. The highest BCUT2D eigenvalue weighted by Crippen LogP contribution is 2.25. The third kappa shape index (κ3) is 3.87. The van der Waals surface area contributed by atoms with Crippen LogP contribution in [-0.2, 0) is 0 Å². The molecule has 0 bridgehead atoms. The van der Waals surface area contributed by atoms with Gasteiger partial charge in [0.05, 0.1) is 11.0 Å². The van der Waals surface area contributed by atoms with Gasteiger partial charge in [-0.15, -0.1) is 11.6 Å². The van der Waals surface area contributed by atoms with Crippen molar-refractivity contribution < 1.29 is 8.78 Å². The summed E-state index contributed by atoms with van der Waals surface area (Å²) in [6, 6.07) is 1.84. The number of pyridine rings is 1. The van der Waals surface area contributed by atoms with Gasteiger partial charge >= 0.3 is 0 Å². The van der Waals surface area contributed by atoms with Crippen LogP contribution in [0.15, 0.2) is 16.7 Å².